The van der Waals surface area contributed by atoms with E-state index in [1.807, 2.05) is 19.2 Å². The van der Waals surface area contributed by atoms with Crippen molar-refractivity contribution in [1.82, 2.24) is 10.6 Å². The first-order valence-electron chi connectivity index (χ1n) is 7.02. The van der Waals surface area contributed by atoms with Crippen LogP contribution in [-0.4, -0.2) is 33.2 Å². The number of nitrogens with one attached hydrogen (secondary N) is 2. The van der Waals surface area contributed by atoms with E-state index in [4.69, 9.17) is 9.47 Å². The van der Waals surface area contributed by atoms with Crippen molar-refractivity contribution in [2.45, 2.75) is 26.3 Å². The Hall–Kier alpha value is -1.27. The lowest BCUT2D eigenvalue weighted by Crippen LogP contribution is -2.29. The summed E-state index contributed by atoms with van der Waals surface area (Å²) in [5.41, 5.74) is 1.07. The van der Waals surface area contributed by atoms with Crippen LogP contribution in [0.4, 0.5) is 0 Å². The largest absolute Gasteiger partial charge is 0.493 e. The van der Waals surface area contributed by atoms with E-state index in [1.165, 1.54) is 0 Å². The fourth-order valence-electron chi connectivity index (χ4n) is 1.81. The van der Waals surface area contributed by atoms with Crippen LogP contribution in [0.1, 0.15) is 25.3 Å². The summed E-state index contributed by atoms with van der Waals surface area (Å²) < 4.78 is 11.7. The van der Waals surface area contributed by atoms with Crippen molar-refractivity contribution in [3.63, 3.8) is 0 Å². The second kappa shape index (κ2) is 9.63. The van der Waals surface area contributed by atoms with E-state index in [1.54, 1.807) is 7.11 Å². The van der Waals surface area contributed by atoms with Crippen LogP contribution in [-0.2, 0) is 11.3 Å². The fourth-order valence-corrected chi connectivity index (χ4v) is 2.42. The zero-order valence-corrected chi connectivity index (χ0v) is 14.4. The first-order valence-corrected chi connectivity index (χ1v) is 7.82. The summed E-state index contributed by atoms with van der Waals surface area (Å²) in [7, 11) is 3.46. The molecule has 5 nitrogen and oxygen atoms in total. The van der Waals surface area contributed by atoms with E-state index in [2.05, 4.69) is 33.5 Å². The molecular formula is C15H23BrN2O3. The predicted octanol–water partition coefficient (Wildman–Crippen LogP) is 2.47. The molecule has 0 fully saturated rings. The van der Waals surface area contributed by atoms with Gasteiger partial charge in [0.25, 0.3) is 5.91 Å². The van der Waals surface area contributed by atoms with Gasteiger partial charge in [-0.05, 0) is 47.1 Å². The quantitative estimate of drug-likeness (QED) is 0.665. The molecule has 21 heavy (non-hydrogen) atoms. The topological polar surface area (TPSA) is 59.6 Å². The lowest BCUT2D eigenvalue weighted by molar-refractivity contribution is -0.123. The average Bonchev–Trinajstić information content (AvgIpc) is 2.46. The molecule has 0 aliphatic rings. The normalized spacial score (nSPS) is 10.3. The SMILES string of the molecule is CCCCNC(=O)COc1c(Br)cc(CNC)cc1OC. The number of methoxy groups -OCH3 is 1. The highest BCUT2D eigenvalue weighted by atomic mass is 79.9. The Labute approximate surface area is 134 Å². The lowest BCUT2D eigenvalue weighted by Gasteiger charge is -2.14. The number of carbonyl (C=O) groups excluding carboxylic acids is 1. The maximum absolute atomic E-state index is 11.7. The van der Waals surface area contributed by atoms with Crippen molar-refractivity contribution in [3.8, 4) is 11.5 Å². The number of carbonyl (C=O) groups is 1. The molecule has 2 N–H and O–H groups in total. The van der Waals surface area contributed by atoms with Gasteiger partial charge in [-0.1, -0.05) is 13.3 Å². The van der Waals surface area contributed by atoms with Gasteiger partial charge >= 0.3 is 0 Å². The van der Waals surface area contributed by atoms with E-state index in [9.17, 15) is 4.79 Å². The van der Waals surface area contributed by atoms with Gasteiger partial charge in [-0.15, -0.1) is 0 Å². The standard InChI is InChI=1S/C15H23BrN2O3/c1-4-5-6-18-14(19)10-21-15-12(16)7-11(9-17-2)8-13(15)20-3/h7-8,17H,4-6,9-10H2,1-3H3,(H,18,19). The minimum atomic E-state index is -0.128. The van der Waals surface area contributed by atoms with Crippen LogP contribution in [0.5, 0.6) is 11.5 Å². The summed E-state index contributed by atoms with van der Waals surface area (Å²) in [6.45, 7) is 3.46. The van der Waals surface area contributed by atoms with Crippen LogP contribution in [0.3, 0.4) is 0 Å². The van der Waals surface area contributed by atoms with Gasteiger partial charge in [0.1, 0.15) is 0 Å². The summed E-state index contributed by atoms with van der Waals surface area (Å²) >= 11 is 3.46. The minimum Gasteiger partial charge on any atom is -0.493 e. The molecule has 0 saturated heterocycles. The summed E-state index contributed by atoms with van der Waals surface area (Å²) in [6, 6.07) is 3.84. The molecule has 0 atom stereocenters. The van der Waals surface area contributed by atoms with Crippen molar-refractivity contribution < 1.29 is 14.3 Å². The van der Waals surface area contributed by atoms with E-state index in [-0.39, 0.29) is 12.5 Å². The van der Waals surface area contributed by atoms with Crippen LogP contribution >= 0.6 is 15.9 Å². The van der Waals surface area contributed by atoms with Gasteiger partial charge in [0, 0.05) is 13.1 Å². The Morgan fingerprint density at radius 1 is 1.38 bits per heavy atom. The lowest BCUT2D eigenvalue weighted by atomic mass is 10.2. The second-order valence-electron chi connectivity index (χ2n) is 4.63. The highest BCUT2D eigenvalue weighted by Crippen LogP contribution is 2.36. The first-order chi connectivity index (χ1) is 10.1. The molecule has 0 aromatic heterocycles. The molecule has 0 spiro atoms. The number of hydrogen-bond donors (Lipinski definition) is 2. The average molecular weight is 359 g/mol. The van der Waals surface area contributed by atoms with Gasteiger partial charge in [0.15, 0.2) is 18.1 Å². The van der Waals surface area contributed by atoms with Crippen molar-refractivity contribution >= 4 is 21.8 Å². The van der Waals surface area contributed by atoms with Crippen molar-refractivity contribution in [3.05, 3.63) is 22.2 Å². The van der Waals surface area contributed by atoms with Crippen LogP contribution in [0.2, 0.25) is 0 Å². The van der Waals surface area contributed by atoms with Gasteiger partial charge in [-0.25, -0.2) is 0 Å². The molecule has 1 rings (SSSR count). The molecule has 0 aliphatic heterocycles. The summed E-state index contributed by atoms with van der Waals surface area (Å²) in [5.74, 6) is 1.02. The Morgan fingerprint density at radius 2 is 2.14 bits per heavy atom. The number of unbranched alkanes of at least 4 members (excludes halogenated alkanes) is 1. The Kier molecular flexibility index (Phi) is 8.15. The molecule has 0 unspecified atom stereocenters. The summed E-state index contributed by atoms with van der Waals surface area (Å²) in [6.07, 6.45) is 2.02. The number of halogens is 1. The van der Waals surface area contributed by atoms with E-state index in [0.717, 1.165) is 29.4 Å². The van der Waals surface area contributed by atoms with Crippen molar-refractivity contribution in [2.24, 2.45) is 0 Å². The zero-order chi connectivity index (χ0) is 15.7. The minimum absolute atomic E-state index is 0.0238. The van der Waals surface area contributed by atoms with Crippen molar-refractivity contribution in [2.75, 3.05) is 27.3 Å². The summed E-state index contributed by atoms with van der Waals surface area (Å²) in [4.78, 5) is 11.7. The third kappa shape index (κ3) is 5.93. The van der Waals surface area contributed by atoms with Crippen LogP contribution in [0.15, 0.2) is 16.6 Å². The Morgan fingerprint density at radius 3 is 2.76 bits per heavy atom. The number of amides is 1. The molecule has 0 heterocycles. The van der Waals surface area contributed by atoms with E-state index < -0.39 is 0 Å². The number of benzene rings is 1. The summed E-state index contributed by atoms with van der Waals surface area (Å²) in [5, 5.41) is 5.89. The Balaban J connectivity index is 2.67. The van der Waals surface area contributed by atoms with E-state index >= 15 is 0 Å². The maximum atomic E-state index is 11.7. The highest BCUT2D eigenvalue weighted by molar-refractivity contribution is 9.10. The molecular weight excluding hydrogens is 336 g/mol. The van der Waals surface area contributed by atoms with Gasteiger partial charge in [-0.2, -0.15) is 0 Å². The second-order valence-corrected chi connectivity index (χ2v) is 5.49. The van der Waals surface area contributed by atoms with Gasteiger partial charge < -0.3 is 20.1 Å². The smallest absolute Gasteiger partial charge is 0.257 e. The van der Waals surface area contributed by atoms with Gasteiger partial charge in [-0.3, -0.25) is 4.79 Å². The predicted molar refractivity (Wildman–Crippen MR) is 86.9 cm³/mol. The number of rotatable bonds is 9. The maximum Gasteiger partial charge on any atom is 0.257 e. The van der Waals surface area contributed by atoms with Gasteiger partial charge in [0.2, 0.25) is 0 Å². The number of hydrogen-bond acceptors (Lipinski definition) is 4. The molecule has 0 aliphatic carbocycles. The molecule has 0 saturated carbocycles. The third-order valence-electron chi connectivity index (χ3n) is 2.87. The van der Waals surface area contributed by atoms with Crippen molar-refractivity contribution in [1.29, 1.82) is 0 Å². The molecule has 1 amide bonds. The molecule has 0 radical (unpaired) electrons. The molecule has 6 heteroatoms. The van der Waals surface area contributed by atoms with Gasteiger partial charge in [0.05, 0.1) is 11.6 Å². The monoisotopic (exact) mass is 358 g/mol. The van der Waals surface area contributed by atoms with Crippen LogP contribution < -0.4 is 20.1 Å². The fraction of sp³-hybridized carbons (Fsp3) is 0.533. The first kappa shape index (κ1) is 17.8. The molecule has 0 bridgehead atoms. The van der Waals surface area contributed by atoms with Crippen LogP contribution in [0, 0.1) is 0 Å². The zero-order valence-electron chi connectivity index (χ0n) is 12.8. The molecule has 1 aromatic carbocycles. The molecule has 1 aromatic rings. The third-order valence-corrected chi connectivity index (χ3v) is 3.46. The van der Waals surface area contributed by atoms with E-state index in [0.29, 0.717) is 18.0 Å². The Bertz CT molecular complexity index is 466. The highest BCUT2D eigenvalue weighted by Gasteiger charge is 2.13. The number of ether oxygens (including phenoxy) is 2. The molecule has 118 valence electrons. The van der Waals surface area contributed by atoms with Crippen LogP contribution in [0.25, 0.3) is 0 Å².